The van der Waals surface area contributed by atoms with Gasteiger partial charge in [-0.25, -0.2) is 0 Å². The molecule has 2 heteroatoms. The number of ketones is 1. The Morgan fingerprint density at radius 3 is 2.00 bits per heavy atom. The second kappa shape index (κ2) is 11.7. The molecule has 0 aromatic heterocycles. The normalized spacial score (nSPS) is 10.5. The van der Waals surface area contributed by atoms with Gasteiger partial charge >= 0.3 is 0 Å². The van der Waals surface area contributed by atoms with Gasteiger partial charge in [-0.05, 0) is 13.5 Å². The highest BCUT2D eigenvalue weighted by molar-refractivity contribution is 5.80. The lowest BCUT2D eigenvalue weighted by atomic mass is 10.1. The van der Waals surface area contributed by atoms with Crippen molar-refractivity contribution in [3.8, 4) is 0 Å². The molecule has 0 fully saturated rings. The lowest BCUT2D eigenvalue weighted by Crippen LogP contribution is -2.17. The first-order chi connectivity index (χ1) is 7.31. The fourth-order valence-corrected chi connectivity index (χ4v) is 1.74. The molecule has 0 bridgehead atoms. The van der Waals surface area contributed by atoms with E-state index >= 15 is 0 Å². The highest BCUT2D eigenvalue weighted by Crippen LogP contribution is 2.09. The quantitative estimate of drug-likeness (QED) is 0.533. The van der Waals surface area contributed by atoms with Gasteiger partial charge in [0.1, 0.15) is 5.78 Å². The molecule has 0 spiro atoms. The van der Waals surface area contributed by atoms with Crippen LogP contribution in [0, 0.1) is 0 Å². The van der Waals surface area contributed by atoms with E-state index in [1.807, 2.05) is 7.05 Å². The van der Waals surface area contributed by atoms with Gasteiger partial charge in [0.2, 0.25) is 0 Å². The minimum Gasteiger partial charge on any atom is -0.313 e. The highest BCUT2D eigenvalue weighted by atomic mass is 16.1. The van der Waals surface area contributed by atoms with Crippen LogP contribution in [-0.2, 0) is 4.79 Å². The van der Waals surface area contributed by atoms with E-state index in [-0.39, 0.29) is 0 Å². The van der Waals surface area contributed by atoms with E-state index in [9.17, 15) is 4.79 Å². The third-order valence-corrected chi connectivity index (χ3v) is 2.68. The summed E-state index contributed by atoms with van der Waals surface area (Å²) in [4.78, 5) is 11.2. The van der Waals surface area contributed by atoms with E-state index in [1.54, 1.807) is 0 Å². The second-order valence-corrected chi connectivity index (χ2v) is 4.29. The lowest BCUT2D eigenvalue weighted by Gasteiger charge is -2.01. The van der Waals surface area contributed by atoms with Gasteiger partial charge in [-0.15, -0.1) is 0 Å². The third kappa shape index (κ3) is 11.6. The summed E-state index contributed by atoms with van der Waals surface area (Å²) in [6.45, 7) is 2.78. The first kappa shape index (κ1) is 14.6. The van der Waals surface area contributed by atoms with Crippen LogP contribution in [-0.4, -0.2) is 19.4 Å². The SMILES string of the molecule is CCCCCCCCCCC(=O)CNC. The van der Waals surface area contributed by atoms with Crippen molar-refractivity contribution in [3.05, 3.63) is 0 Å². The second-order valence-electron chi connectivity index (χ2n) is 4.29. The average molecular weight is 213 g/mol. The Balaban J connectivity index is 3.01. The van der Waals surface area contributed by atoms with Crippen LogP contribution in [0.1, 0.15) is 64.7 Å². The van der Waals surface area contributed by atoms with Crippen molar-refractivity contribution in [3.63, 3.8) is 0 Å². The predicted octanol–water partition coefficient (Wildman–Crippen LogP) is 3.31. The molecule has 0 unspecified atom stereocenters. The lowest BCUT2D eigenvalue weighted by molar-refractivity contribution is -0.118. The number of rotatable bonds is 11. The van der Waals surface area contributed by atoms with Gasteiger partial charge in [0, 0.05) is 6.42 Å². The minimum absolute atomic E-state index is 0.350. The van der Waals surface area contributed by atoms with Gasteiger partial charge in [-0.3, -0.25) is 4.79 Å². The minimum atomic E-state index is 0.350. The summed E-state index contributed by atoms with van der Waals surface area (Å²) in [5, 5.41) is 2.89. The smallest absolute Gasteiger partial charge is 0.146 e. The van der Waals surface area contributed by atoms with Crippen molar-refractivity contribution < 1.29 is 4.79 Å². The molecule has 0 aromatic carbocycles. The fraction of sp³-hybridized carbons (Fsp3) is 0.923. The number of nitrogens with one attached hydrogen (secondary N) is 1. The molecule has 0 heterocycles. The van der Waals surface area contributed by atoms with Crippen LogP contribution in [0.3, 0.4) is 0 Å². The van der Waals surface area contributed by atoms with Crippen molar-refractivity contribution >= 4 is 5.78 Å². The monoisotopic (exact) mass is 213 g/mol. The highest BCUT2D eigenvalue weighted by Gasteiger charge is 1.99. The number of unbranched alkanes of at least 4 members (excludes halogenated alkanes) is 7. The Labute approximate surface area is 94.8 Å². The zero-order valence-corrected chi connectivity index (χ0v) is 10.5. The van der Waals surface area contributed by atoms with Crippen LogP contribution >= 0.6 is 0 Å². The largest absolute Gasteiger partial charge is 0.313 e. The van der Waals surface area contributed by atoms with E-state index < -0.39 is 0 Å². The molecule has 0 rings (SSSR count). The molecule has 0 radical (unpaired) electrons. The zero-order valence-electron chi connectivity index (χ0n) is 10.5. The maximum atomic E-state index is 11.2. The molecule has 1 N–H and O–H groups in total. The molecule has 90 valence electrons. The van der Waals surface area contributed by atoms with Crippen molar-refractivity contribution in [2.75, 3.05) is 13.6 Å². The topological polar surface area (TPSA) is 29.1 Å². The molecule has 2 nitrogen and oxygen atoms in total. The molecule has 0 aromatic rings. The predicted molar refractivity (Wildman–Crippen MR) is 66.2 cm³/mol. The first-order valence-electron chi connectivity index (χ1n) is 6.47. The van der Waals surface area contributed by atoms with E-state index in [2.05, 4.69) is 12.2 Å². The summed E-state index contributed by atoms with van der Waals surface area (Å²) in [5.74, 6) is 0.350. The molecular weight excluding hydrogens is 186 g/mol. The van der Waals surface area contributed by atoms with Crippen LogP contribution in [0.4, 0.5) is 0 Å². The van der Waals surface area contributed by atoms with Crippen molar-refractivity contribution in [1.29, 1.82) is 0 Å². The Bertz CT molecular complexity index is 145. The Morgan fingerprint density at radius 2 is 1.47 bits per heavy atom. The van der Waals surface area contributed by atoms with Crippen molar-refractivity contribution in [2.45, 2.75) is 64.7 Å². The third-order valence-electron chi connectivity index (χ3n) is 2.68. The number of carbonyl (C=O) groups excluding carboxylic acids is 1. The Hall–Kier alpha value is -0.370. The van der Waals surface area contributed by atoms with Crippen LogP contribution < -0.4 is 5.32 Å². The van der Waals surface area contributed by atoms with Gasteiger partial charge < -0.3 is 5.32 Å². The van der Waals surface area contributed by atoms with E-state index in [4.69, 9.17) is 0 Å². The molecule has 0 aliphatic rings. The van der Waals surface area contributed by atoms with Gasteiger partial charge in [-0.2, -0.15) is 0 Å². The summed E-state index contributed by atoms with van der Waals surface area (Å²) in [6.07, 6.45) is 11.2. The van der Waals surface area contributed by atoms with Crippen LogP contribution in [0.2, 0.25) is 0 Å². The summed E-state index contributed by atoms with van der Waals surface area (Å²) in [6, 6.07) is 0. The summed E-state index contributed by atoms with van der Waals surface area (Å²) in [5.41, 5.74) is 0. The number of hydrogen-bond donors (Lipinski definition) is 1. The molecule has 0 aliphatic heterocycles. The van der Waals surface area contributed by atoms with Crippen molar-refractivity contribution in [1.82, 2.24) is 5.32 Å². The van der Waals surface area contributed by atoms with Gasteiger partial charge in [0.15, 0.2) is 0 Å². The van der Waals surface area contributed by atoms with Crippen LogP contribution in [0.15, 0.2) is 0 Å². The van der Waals surface area contributed by atoms with Gasteiger partial charge in [-0.1, -0.05) is 51.9 Å². The van der Waals surface area contributed by atoms with E-state index in [0.717, 1.165) is 12.8 Å². The van der Waals surface area contributed by atoms with Crippen LogP contribution in [0.5, 0.6) is 0 Å². The summed E-state index contributed by atoms with van der Waals surface area (Å²) in [7, 11) is 1.83. The van der Waals surface area contributed by atoms with Gasteiger partial charge in [0.05, 0.1) is 6.54 Å². The van der Waals surface area contributed by atoms with Crippen molar-refractivity contribution in [2.24, 2.45) is 0 Å². The number of carbonyl (C=O) groups is 1. The maximum Gasteiger partial charge on any atom is 0.146 e. The molecule has 0 amide bonds. The number of Topliss-reactive ketones (excluding diaryl/α,β-unsaturated/α-hetero) is 1. The van der Waals surface area contributed by atoms with Gasteiger partial charge in [0.25, 0.3) is 0 Å². The molecule has 0 atom stereocenters. The average Bonchev–Trinajstić information content (AvgIpc) is 2.22. The standard InChI is InChI=1S/C13H27NO/c1-3-4-5-6-7-8-9-10-11-13(15)12-14-2/h14H,3-12H2,1-2H3. The molecule has 0 aliphatic carbocycles. The zero-order chi connectivity index (χ0) is 11.4. The van der Waals surface area contributed by atoms with E-state index in [0.29, 0.717) is 12.3 Å². The Morgan fingerprint density at radius 1 is 0.933 bits per heavy atom. The van der Waals surface area contributed by atoms with Crippen LogP contribution in [0.25, 0.3) is 0 Å². The maximum absolute atomic E-state index is 11.2. The number of hydrogen-bond acceptors (Lipinski definition) is 2. The van der Waals surface area contributed by atoms with E-state index in [1.165, 1.54) is 44.9 Å². The fourth-order valence-electron chi connectivity index (χ4n) is 1.74. The Kier molecular flexibility index (Phi) is 11.4. The molecule has 0 saturated heterocycles. The molecular formula is C13H27NO. The first-order valence-corrected chi connectivity index (χ1v) is 6.47. The molecule has 0 saturated carbocycles. The number of likely N-dealkylation sites (N-methyl/N-ethyl adjacent to an activating group) is 1. The molecule has 15 heavy (non-hydrogen) atoms. The summed E-state index contributed by atoms with van der Waals surface area (Å²) >= 11 is 0. The summed E-state index contributed by atoms with van der Waals surface area (Å²) < 4.78 is 0.